The number of carbonyl (C=O) groups is 1. The summed E-state index contributed by atoms with van der Waals surface area (Å²) in [7, 11) is 1.83. The molecule has 0 bridgehead atoms. The van der Waals surface area contributed by atoms with Crippen LogP contribution in [0.1, 0.15) is 38.2 Å². The highest BCUT2D eigenvalue weighted by Crippen LogP contribution is 2.27. The van der Waals surface area contributed by atoms with E-state index >= 15 is 0 Å². The van der Waals surface area contributed by atoms with Crippen molar-refractivity contribution < 1.29 is 4.79 Å². The molecule has 1 aromatic carbocycles. The molecule has 4 heteroatoms. The number of anilines is 1. The number of nitrogens with two attached hydrogens (primary N) is 1. The van der Waals surface area contributed by atoms with Crippen LogP contribution in [-0.2, 0) is 11.3 Å². The summed E-state index contributed by atoms with van der Waals surface area (Å²) < 4.78 is 0. The van der Waals surface area contributed by atoms with Crippen LogP contribution in [-0.4, -0.2) is 30.4 Å². The van der Waals surface area contributed by atoms with E-state index in [-0.39, 0.29) is 5.91 Å². The van der Waals surface area contributed by atoms with Crippen molar-refractivity contribution in [3.8, 4) is 0 Å². The van der Waals surface area contributed by atoms with Crippen molar-refractivity contribution in [2.45, 2.75) is 45.2 Å². The molecule has 0 heterocycles. The van der Waals surface area contributed by atoms with E-state index in [4.69, 9.17) is 5.73 Å². The average molecular weight is 289 g/mol. The zero-order chi connectivity index (χ0) is 15.2. The van der Waals surface area contributed by atoms with Crippen molar-refractivity contribution in [3.05, 3.63) is 29.8 Å². The van der Waals surface area contributed by atoms with Gasteiger partial charge in [0.25, 0.3) is 0 Å². The third kappa shape index (κ3) is 4.46. The van der Waals surface area contributed by atoms with Crippen molar-refractivity contribution in [2.24, 2.45) is 11.7 Å². The van der Waals surface area contributed by atoms with Crippen LogP contribution in [0.25, 0.3) is 0 Å². The van der Waals surface area contributed by atoms with Gasteiger partial charge in [0, 0.05) is 32.2 Å². The summed E-state index contributed by atoms with van der Waals surface area (Å²) in [5, 5.41) is 3.64. The van der Waals surface area contributed by atoms with E-state index in [0.717, 1.165) is 17.8 Å². The van der Waals surface area contributed by atoms with Gasteiger partial charge in [0.1, 0.15) is 0 Å². The number of nitrogens with zero attached hydrogens (tertiary/aromatic N) is 1. The minimum atomic E-state index is 0.0869. The number of benzene rings is 1. The molecule has 2 rings (SSSR count). The maximum absolute atomic E-state index is 11.3. The number of carbonyl (C=O) groups excluding carboxylic acids is 1. The number of hydrogen-bond donors (Lipinski definition) is 2. The second kappa shape index (κ2) is 7.46. The van der Waals surface area contributed by atoms with E-state index < -0.39 is 0 Å². The third-order valence-electron chi connectivity index (χ3n) is 4.45. The Bertz CT molecular complexity index is 475. The van der Waals surface area contributed by atoms with Gasteiger partial charge in [0.15, 0.2) is 0 Å². The minimum Gasteiger partial charge on any atom is -0.382 e. The zero-order valence-corrected chi connectivity index (χ0v) is 13.1. The number of rotatable bonds is 5. The van der Waals surface area contributed by atoms with E-state index in [0.29, 0.717) is 18.5 Å². The molecule has 3 N–H and O–H groups in total. The van der Waals surface area contributed by atoms with Gasteiger partial charge in [-0.2, -0.15) is 0 Å². The minimum absolute atomic E-state index is 0.0869. The molecule has 4 nitrogen and oxygen atoms in total. The van der Waals surface area contributed by atoms with Crippen LogP contribution < -0.4 is 11.1 Å². The monoisotopic (exact) mass is 289 g/mol. The Morgan fingerprint density at radius 1 is 1.38 bits per heavy atom. The van der Waals surface area contributed by atoms with E-state index in [1.54, 1.807) is 11.8 Å². The first-order valence-corrected chi connectivity index (χ1v) is 7.87. The molecule has 1 saturated carbocycles. The van der Waals surface area contributed by atoms with Crippen LogP contribution in [0.15, 0.2) is 24.3 Å². The first-order chi connectivity index (χ1) is 10.1. The van der Waals surface area contributed by atoms with Crippen LogP contribution in [0.2, 0.25) is 0 Å². The van der Waals surface area contributed by atoms with Gasteiger partial charge in [0.2, 0.25) is 5.91 Å². The molecule has 2 unspecified atom stereocenters. The van der Waals surface area contributed by atoms with E-state index in [9.17, 15) is 4.79 Å². The molecule has 116 valence electrons. The fraction of sp³-hybridized carbons (Fsp3) is 0.588. The summed E-state index contributed by atoms with van der Waals surface area (Å²) in [5.41, 5.74) is 8.18. The number of nitrogens with one attached hydrogen (secondary N) is 1. The lowest BCUT2D eigenvalue weighted by Crippen LogP contribution is -2.36. The van der Waals surface area contributed by atoms with Gasteiger partial charge in [-0.3, -0.25) is 4.79 Å². The van der Waals surface area contributed by atoms with Gasteiger partial charge in [0.05, 0.1) is 0 Å². The molecule has 0 spiro atoms. The maximum Gasteiger partial charge on any atom is 0.219 e. The Morgan fingerprint density at radius 2 is 2.14 bits per heavy atom. The molecule has 1 amide bonds. The summed E-state index contributed by atoms with van der Waals surface area (Å²) >= 11 is 0. The second-order valence-corrected chi connectivity index (χ2v) is 6.11. The second-order valence-electron chi connectivity index (χ2n) is 6.11. The molecule has 1 aliphatic carbocycles. The fourth-order valence-electron chi connectivity index (χ4n) is 3.04. The lowest BCUT2D eigenvalue weighted by Gasteiger charge is -2.32. The van der Waals surface area contributed by atoms with E-state index in [1.807, 2.05) is 13.1 Å². The first kappa shape index (κ1) is 15.8. The van der Waals surface area contributed by atoms with Gasteiger partial charge < -0.3 is 16.0 Å². The standard InChI is InChI=1S/C17H27N3O/c1-13(21)20(2)12-14-6-5-8-16(10-14)19-17-9-4-3-7-15(17)11-18/h5-6,8,10,15,17,19H,3-4,7,9,11-12,18H2,1-2H3. The zero-order valence-electron chi connectivity index (χ0n) is 13.1. The molecule has 0 radical (unpaired) electrons. The Morgan fingerprint density at radius 3 is 2.86 bits per heavy atom. The summed E-state index contributed by atoms with van der Waals surface area (Å²) in [5.74, 6) is 0.658. The molecule has 0 aromatic heterocycles. The normalized spacial score (nSPS) is 21.9. The van der Waals surface area contributed by atoms with E-state index in [1.165, 1.54) is 25.7 Å². The van der Waals surface area contributed by atoms with Crippen molar-refractivity contribution in [1.82, 2.24) is 4.90 Å². The fourth-order valence-corrected chi connectivity index (χ4v) is 3.04. The van der Waals surface area contributed by atoms with Crippen LogP contribution in [0.3, 0.4) is 0 Å². The predicted molar refractivity (Wildman–Crippen MR) is 87.0 cm³/mol. The van der Waals surface area contributed by atoms with Gasteiger partial charge in [-0.15, -0.1) is 0 Å². The first-order valence-electron chi connectivity index (χ1n) is 7.87. The average Bonchev–Trinajstić information content (AvgIpc) is 2.48. The van der Waals surface area contributed by atoms with Crippen molar-refractivity contribution in [1.29, 1.82) is 0 Å². The smallest absolute Gasteiger partial charge is 0.219 e. The highest BCUT2D eigenvalue weighted by Gasteiger charge is 2.23. The van der Waals surface area contributed by atoms with Crippen molar-refractivity contribution >= 4 is 11.6 Å². The highest BCUT2D eigenvalue weighted by atomic mass is 16.2. The van der Waals surface area contributed by atoms with Crippen molar-refractivity contribution in [2.75, 3.05) is 18.9 Å². The van der Waals surface area contributed by atoms with Crippen LogP contribution >= 0.6 is 0 Å². The Balaban J connectivity index is 2.01. The Hall–Kier alpha value is -1.55. The lowest BCUT2D eigenvalue weighted by atomic mass is 9.84. The lowest BCUT2D eigenvalue weighted by molar-refractivity contribution is -0.128. The molecule has 21 heavy (non-hydrogen) atoms. The SMILES string of the molecule is CC(=O)N(C)Cc1cccc(NC2CCCCC2CN)c1. The van der Waals surface area contributed by atoms with Gasteiger partial charge in [-0.1, -0.05) is 25.0 Å². The van der Waals surface area contributed by atoms with Gasteiger partial charge in [-0.25, -0.2) is 0 Å². The Labute approximate surface area is 127 Å². The number of amides is 1. The quantitative estimate of drug-likeness (QED) is 0.876. The molecule has 2 atom stereocenters. The molecule has 0 aliphatic heterocycles. The molecular weight excluding hydrogens is 262 g/mol. The van der Waals surface area contributed by atoms with Crippen LogP contribution in [0.5, 0.6) is 0 Å². The molecule has 1 fully saturated rings. The third-order valence-corrected chi connectivity index (χ3v) is 4.45. The molecule has 0 saturated heterocycles. The molecular formula is C17H27N3O. The highest BCUT2D eigenvalue weighted by molar-refractivity contribution is 5.72. The predicted octanol–water partition coefficient (Wildman–Crippen LogP) is 2.59. The summed E-state index contributed by atoms with van der Waals surface area (Å²) in [6, 6.07) is 8.82. The summed E-state index contributed by atoms with van der Waals surface area (Å²) in [6.07, 6.45) is 4.99. The molecule has 1 aliphatic rings. The van der Waals surface area contributed by atoms with E-state index in [2.05, 4.69) is 23.5 Å². The summed E-state index contributed by atoms with van der Waals surface area (Å²) in [6.45, 7) is 3.00. The maximum atomic E-state index is 11.3. The van der Waals surface area contributed by atoms with Gasteiger partial charge >= 0.3 is 0 Å². The van der Waals surface area contributed by atoms with Crippen LogP contribution in [0, 0.1) is 5.92 Å². The summed E-state index contributed by atoms with van der Waals surface area (Å²) in [4.78, 5) is 13.1. The Kier molecular flexibility index (Phi) is 5.62. The molecule has 1 aromatic rings. The van der Waals surface area contributed by atoms with Gasteiger partial charge in [-0.05, 0) is 43.0 Å². The number of hydrogen-bond acceptors (Lipinski definition) is 3. The topological polar surface area (TPSA) is 58.4 Å². The van der Waals surface area contributed by atoms with Crippen molar-refractivity contribution in [3.63, 3.8) is 0 Å². The van der Waals surface area contributed by atoms with Crippen LogP contribution in [0.4, 0.5) is 5.69 Å². The largest absolute Gasteiger partial charge is 0.382 e.